The summed E-state index contributed by atoms with van der Waals surface area (Å²) in [5, 5.41) is 0.430. The molecule has 2 atom stereocenters. The lowest BCUT2D eigenvalue weighted by Gasteiger charge is -2.30. The van der Waals surface area contributed by atoms with E-state index in [4.69, 9.17) is 21.1 Å². The SMILES string of the molecule is CC(NS(=O)(=O)c1ccc(Cl)cc1)C(=O)N(C)CC1COc2ccccc2O1. The molecular formula is C19H21ClN2O5S. The van der Waals surface area contributed by atoms with E-state index < -0.39 is 16.1 Å². The van der Waals surface area contributed by atoms with E-state index in [1.54, 1.807) is 13.1 Å². The maximum atomic E-state index is 12.6. The van der Waals surface area contributed by atoms with Crippen molar-refractivity contribution in [1.82, 2.24) is 9.62 Å². The van der Waals surface area contributed by atoms with E-state index in [1.807, 2.05) is 18.2 Å². The average molecular weight is 425 g/mol. The maximum absolute atomic E-state index is 12.6. The Labute approximate surface area is 169 Å². The van der Waals surface area contributed by atoms with Crippen molar-refractivity contribution in [1.29, 1.82) is 0 Å². The second-order valence-electron chi connectivity index (χ2n) is 6.51. The van der Waals surface area contributed by atoms with E-state index >= 15 is 0 Å². The molecule has 0 saturated heterocycles. The van der Waals surface area contributed by atoms with Gasteiger partial charge in [-0.2, -0.15) is 4.72 Å². The standard InChI is InChI=1S/C19H21ClN2O5S/c1-13(21-28(24,25)16-9-7-14(20)8-10-16)19(23)22(2)11-15-12-26-17-5-3-4-6-18(17)27-15/h3-10,13,15,21H,11-12H2,1-2H3. The van der Waals surface area contributed by atoms with Gasteiger partial charge in [-0.3, -0.25) is 4.79 Å². The molecular weight excluding hydrogens is 404 g/mol. The van der Waals surface area contributed by atoms with Crippen LogP contribution in [0.4, 0.5) is 0 Å². The monoisotopic (exact) mass is 424 g/mol. The Kier molecular flexibility index (Phi) is 6.12. The first-order valence-electron chi connectivity index (χ1n) is 8.67. The van der Waals surface area contributed by atoms with E-state index in [0.29, 0.717) is 23.1 Å². The van der Waals surface area contributed by atoms with E-state index in [1.165, 1.54) is 36.1 Å². The molecule has 2 aromatic carbocycles. The Bertz CT molecular complexity index is 949. The van der Waals surface area contributed by atoms with Crippen molar-refractivity contribution in [2.75, 3.05) is 20.2 Å². The van der Waals surface area contributed by atoms with Crippen molar-refractivity contribution in [3.8, 4) is 11.5 Å². The Morgan fingerprint density at radius 3 is 2.54 bits per heavy atom. The summed E-state index contributed by atoms with van der Waals surface area (Å²) in [6.07, 6.45) is -0.344. The number of nitrogens with zero attached hydrogens (tertiary/aromatic N) is 1. The number of sulfonamides is 1. The summed E-state index contributed by atoms with van der Waals surface area (Å²) >= 11 is 5.79. The largest absolute Gasteiger partial charge is 0.486 e. The summed E-state index contributed by atoms with van der Waals surface area (Å²) in [5.41, 5.74) is 0. The van der Waals surface area contributed by atoms with Crippen molar-refractivity contribution in [2.45, 2.75) is 24.0 Å². The highest BCUT2D eigenvalue weighted by atomic mass is 35.5. The van der Waals surface area contributed by atoms with Crippen molar-refractivity contribution < 1.29 is 22.7 Å². The first-order valence-corrected chi connectivity index (χ1v) is 10.5. The fourth-order valence-electron chi connectivity index (χ4n) is 2.84. The smallest absolute Gasteiger partial charge is 0.241 e. The van der Waals surface area contributed by atoms with Crippen LogP contribution in [-0.4, -0.2) is 51.6 Å². The van der Waals surface area contributed by atoms with Gasteiger partial charge in [-0.25, -0.2) is 8.42 Å². The molecule has 3 rings (SSSR count). The van der Waals surface area contributed by atoms with Gasteiger partial charge in [0.05, 0.1) is 17.5 Å². The van der Waals surface area contributed by atoms with Crippen LogP contribution in [-0.2, 0) is 14.8 Å². The molecule has 7 nitrogen and oxygen atoms in total. The summed E-state index contributed by atoms with van der Waals surface area (Å²) in [7, 11) is -2.24. The van der Waals surface area contributed by atoms with Gasteiger partial charge in [0.25, 0.3) is 0 Å². The fourth-order valence-corrected chi connectivity index (χ4v) is 4.17. The van der Waals surface area contributed by atoms with Gasteiger partial charge >= 0.3 is 0 Å². The molecule has 28 heavy (non-hydrogen) atoms. The normalized spacial score (nSPS) is 17.0. The quantitative estimate of drug-likeness (QED) is 0.769. The number of amides is 1. The number of halogens is 1. The molecule has 2 unspecified atom stereocenters. The minimum atomic E-state index is -3.84. The third-order valence-electron chi connectivity index (χ3n) is 4.25. The Morgan fingerprint density at radius 2 is 1.86 bits per heavy atom. The zero-order valence-corrected chi connectivity index (χ0v) is 17.0. The van der Waals surface area contributed by atoms with Crippen LogP contribution in [0.5, 0.6) is 11.5 Å². The molecule has 1 heterocycles. The van der Waals surface area contributed by atoms with Gasteiger partial charge in [-0.15, -0.1) is 0 Å². The molecule has 0 aliphatic carbocycles. The number of fused-ring (bicyclic) bond motifs is 1. The Hall–Kier alpha value is -2.29. The number of hydrogen-bond acceptors (Lipinski definition) is 5. The van der Waals surface area contributed by atoms with Gasteiger partial charge in [0.2, 0.25) is 15.9 Å². The van der Waals surface area contributed by atoms with Crippen molar-refractivity contribution in [3.05, 3.63) is 53.6 Å². The molecule has 0 fully saturated rings. The molecule has 0 radical (unpaired) electrons. The first-order chi connectivity index (χ1) is 13.3. The molecule has 2 aromatic rings. The van der Waals surface area contributed by atoms with Crippen LogP contribution in [0.3, 0.4) is 0 Å². The molecule has 0 aromatic heterocycles. The third-order valence-corrected chi connectivity index (χ3v) is 6.06. The van der Waals surface area contributed by atoms with Gasteiger partial charge in [0, 0.05) is 12.1 Å². The molecule has 1 aliphatic heterocycles. The molecule has 0 bridgehead atoms. The first kappa shape index (κ1) is 20.4. The molecule has 150 valence electrons. The Morgan fingerprint density at radius 1 is 1.21 bits per heavy atom. The van der Waals surface area contributed by atoms with Gasteiger partial charge in [0.15, 0.2) is 17.6 Å². The van der Waals surface area contributed by atoms with E-state index in [9.17, 15) is 13.2 Å². The number of ether oxygens (including phenoxy) is 2. The highest BCUT2D eigenvalue weighted by molar-refractivity contribution is 7.89. The summed E-state index contributed by atoms with van der Waals surface area (Å²) < 4.78 is 38.8. The lowest BCUT2D eigenvalue weighted by Crippen LogP contribution is -2.49. The van der Waals surface area contributed by atoms with Crippen LogP contribution in [0.1, 0.15) is 6.92 Å². The molecule has 9 heteroatoms. The highest BCUT2D eigenvalue weighted by Gasteiger charge is 2.28. The zero-order valence-electron chi connectivity index (χ0n) is 15.5. The van der Waals surface area contributed by atoms with Crippen LogP contribution in [0.15, 0.2) is 53.4 Å². The number of likely N-dealkylation sites (N-methyl/N-ethyl adjacent to an activating group) is 1. The second kappa shape index (κ2) is 8.38. The molecule has 1 amide bonds. The van der Waals surface area contributed by atoms with E-state index in [0.717, 1.165) is 0 Å². The minimum absolute atomic E-state index is 0.0415. The molecule has 0 saturated carbocycles. The summed E-state index contributed by atoms with van der Waals surface area (Å²) in [5.74, 6) is 0.910. The predicted octanol–water partition coefficient (Wildman–Crippen LogP) is 2.31. The number of carbonyl (C=O) groups is 1. The molecule has 1 aliphatic rings. The lowest BCUT2D eigenvalue weighted by atomic mass is 10.2. The van der Waals surface area contributed by atoms with Crippen LogP contribution in [0, 0.1) is 0 Å². The lowest BCUT2D eigenvalue weighted by molar-refractivity contribution is -0.132. The summed E-state index contributed by atoms with van der Waals surface area (Å²) in [6.45, 7) is 2.07. The fraction of sp³-hybridized carbons (Fsp3) is 0.316. The number of hydrogen-bond donors (Lipinski definition) is 1. The minimum Gasteiger partial charge on any atom is -0.486 e. The highest BCUT2D eigenvalue weighted by Crippen LogP contribution is 2.31. The molecule has 0 spiro atoms. The number of nitrogens with one attached hydrogen (secondary N) is 1. The van der Waals surface area contributed by atoms with Crippen molar-refractivity contribution in [3.63, 3.8) is 0 Å². The zero-order chi connectivity index (χ0) is 20.3. The number of rotatable bonds is 6. The summed E-state index contributed by atoms with van der Waals surface area (Å²) in [6, 6.07) is 12.1. The number of carbonyl (C=O) groups excluding carboxylic acids is 1. The predicted molar refractivity (Wildman–Crippen MR) is 105 cm³/mol. The number of benzene rings is 2. The third kappa shape index (κ3) is 4.76. The van der Waals surface area contributed by atoms with Gasteiger partial charge < -0.3 is 14.4 Å². The summed E-state index contributed by atoms with van der Waals surface area (Å²) in [4.78, 5) is 14.1. The Balaban J connectivity index is 1.59. The molecule has 1 N–H and O–H groups in total. The van der Waals surface area contributed by atoms with Crippen LogP contribution in [0.2, 0.25) is 5.02 Å². The van der Waals surface area contributed by atoms with E-state index in [-0.39, 0.29) is 23.5 Å². The van der Waals surface area contributed by atoms with Crippen LogP contribution >= 0.6 is 11.6 Å². The number of para-hydroxylation sites is 2. The van der Waals surface area contributed by atoms with Crippen molar-refractivity contribution in [2.24, 2.45) is 0 Å². The topological polar surface area (TPSA) is 84.9 Å². The van der Waals surface area contributed by atoms with Gasteiger partial charge in [-0.1, -0.05) is 23.7 Å². The van der Waals surface area contributed by atoms with Gasteiger partial charge in [0.1, 0.15) is 6.61 Å². The van der Waals surface area contributed by atoms with Crippen LogP contribution < -0.4 is 14.2 Å². The van der Waals surface area contributed by atoms with Crippen LogP contribution in [0.25, 0.3) is 0 Å². The van der Waals surface area contributed by atoms with Gasteiger partial charge in [-0.05, 0) is 43.3 Å². The second-order valence-corrected chi connectivity index (χ2v) is 8.66. The maximum Gasteiger partial charge on any atom is 0.241 e. The average Bonchev–Trinajstić information content (AvgIpc) is 2.67. The van der Waals surface area contributed by atoms with Crippen molar-refractivity contribution >= 4 is 27.5 Å². The van der Waals surface area contributed by atoms with E-state index in [2.05, 4.69) is 4.72 Å².